The summed E-state index contributed by atoms with van der Waals surface area (Å²) in [5.74, 6) is 1.44. The van der Waals surface area contributed by atoms with Crippen LogP contribution in [0.2, 0.25) is 0 Å². The summed E-state index contributed by atoms with van der Waals surface area (Å²) >= 11 is 4.58. The first kappa shape index (κ1) is 25.0. The van der Waals surface area contributed by atoms with Crippen molar-refractivity contribution < 1.29 is 9.59 Å². The average Bonchev–Trinajstić information content (AvgIpc) is 3.49. The summed E-state index contributed by atoms with van der Waals surface area (Å²) in [6.45, 7) is 1.60. The van der Waals surface area contributed by atoms with Gasteiger partial charge in [-0.25, -0.2) is 9.97 Å². The molecule has 2 heterocycles. The number of aromatic nitrogens is 4. The van der Waals surface area contributed by atoms with E-state index in [0.29, 0.717) is 9.60 Å². The van der Waals surface area contributed by atoms with Gasteiger partial charge in [0.1, 0.15) is 12.7 Å². The van der Waals surface area contributed by atoms with Crippen LogP contribution in [-0.2, 0) is 35.5 Å². The Morgan fingerprint density at radius 3 is 1.57 bits per heavy atom. The van der Waals surface area contributed by atoms with Gasteiger partial charge in [-0.2, -0.15) is 21.7 Å². The van der Waals surface area contributed by atoms with Gasteiger partial charge in [-0.05, 0) is 34.2 Å². The number of rotatable bonds is 10. The monoisotopic (exact) mass is 524 g/mol. The lowest BCUT2D eigenvalue weighted by atomic mass is 10.1. The smallest absolute Gasteiger partial charge is 0.252 e. The van der Waals surface area contributed by atoms with Gasteiger partial charge in [-0.1, -0.05) is 60.7 Å². The zero-order chi connectivity index (χ0) is 24.3. The fourth-order valence-electron chi connectivity index (χ4n) is 3.08. The molecule has 0 fully saturated rings. The standard InChI is InChI=1S/C24H24N6O2S3/c31-21(15-19-7-3-1-4-8-19)27-23-25-17-29(34-23)11-13-33-14-12-30-18-26-24(35-30)28-22(32)16-20-9-5-2-6-10-20/h1-10,17-18H,11-16H2. The fourth-order valence-corrected chi connectivity index (χ4v) is 5.62. The maximum absolute atomic E-state index is 12.1. The number of carbonyl (C=O) groups is 2. The van der Waals surface area contributed by atoms with Gasteiger partial charge in [-0.3, -0.25) is 17.5 Å². The van der Waals surface area contributed by atoms with E-state index in [9.17, 15) is 9.59 Å². The molecule has 0 aliphatic carbocycles. The Kier molecular flexibility index (Phi) is 9.32. The molecule has 0 aliphatic rings. The third-order valence-electron chi connectivity index (χ3n) is 4.74. The Morgan fingerprint density at radius 2 is 1.14 bits per heavy atom. The van der Waals surface area contributed by atoms with Crippen LogP contribution in [0.25, 0.3) is 0 Å². The first-order valence-corrected chi connectivity index (χ1v) is 13.7. The van der Waals surface area contributed by atoms with Crippen molar-refractivity contribution in [2.75, 3.05) is 11.5 Å². The number of amides is 2. The van der Waals surface area contributed by atoms with E-state index in [-0.39, 0.29) is 24.7 Å². The molecule has 180 valence electrons. The second-order valence-corrected chi connectivity index (χ2v) is 10.7. The second-order valence-electron chi connectivity index (χ2n) is 7.47. The third kappa shape index (κ3) is 8.53. The summed E-state index contributed by atoms with van der Waals surface area (Å²) in [5, 5.41) is 0. The van der Waals surface area contributed by atoms with E-state index in [0.717, 1.165) is 35.7 Å². The predicted octanol–water partition coefficient (Wildman–Crippen LogP) is 2.98. The van der Waals surface area contributed by atoms with Gasteiger partial charge in [0.25, 0.3) is 11.8 Å². The van der Waals surface area contributed by atoms with E-state index >= 15 is 0 Å². The van der Waals surface area contributed by atoms with E-state index in [2.05, 4.69) is 20.0 Å². The van der Waals surface area contributed by atoms with Gasteiger partial charge < -0.3 is 0 Å². The van der Waals surface area contributed by atoms with Crippen molar-refractivity contribution in [2.24, 2.45) is 9.98 Å². The van der Waals surface area contributed by atoms with E-state index in [1.54, 1.807) is 12.7 Å². The van der Waals surface area contributed by atoms with Gasteiger partial charge in [0.05, 0.1) is 12.8 Å². The quantitative estimate of drug-likeness (QED) is 0.297. The molecule has 0 N–H and O–H groups in total. The fraction of sp³-hybridized carbons (Fsp3) is 0.250. The molecule has 0 saturated heterocycles. The van der Waals surface area contributed by atoms with Crippen LogP contribution < -0.4 is 9.60 Å². The molecule has 0 bridgehead atoms. The highest BCUT2D eigenvalue weighted by Gasteiger charge is 2.04. The highest BCUT2D eigenvalue weighted by atomic mass is 32.2. The molecule has 0 unspecified atom stereocenters. The van der Waals surface area contributed by atoms with Crippen molar-refractivity contribution in [3.8, 4) is 0 Å². The van der Waals surface area contributed by atoms with Gasteiger partial charge >= 0.3 is 0 Å². The topological polar surface area (TPSA) is 94.5 Å². The Bertz CT molecular complexity index is 1270. The van der Waals surface area contributed by atoms with E-state index in [4.69, 9.17) is 0 Å². The molecule has 2 amide bonds. The van der Waals surface area contributed by atoms with Crippen LogP contribution in [-0.4, -0.2) is 41.2 Å². The minimum atomic E-state index is -0.193. The minimum absolute atomic E-state index is 0.193. The van der Waals surface area contributed by atoms with E-state index < -0.39 is 0 Å². The first-order chi connectivity index (χ1) is 17.1. The number of aryl methyl sites for hydroxylation is 2. The number of carbonyl (C=O) groups excluding carboxylic acids is 2. The normalized spacial score (nSPS) is 12.2. The van der Waals surface area contributed by atoms with Crippen molar-refractivity contribution in [1.82, 2.24) is 17.9 Å². The van der Waals surface area contributed by atoms with Crippen molar-refractivity contribution in [3.63, 3.8) is 0 Å². The van der Waals surface area contributed by atoms with E-state index in [1.165, 1.54) is 23.1 Å². The highest BCUT2D eigenvalue weighted by Crippen LogP contribution is 2.05. The van der Waals surface area contributed by atoms with Crippen LogP contribution in [0, 0.1) is 0 Å². The Morgan fingerprint density at radius 1 is 0.714 bits per heavy atom. The molecule has 35 heavy (non-hydrogen) atoms. The van der Waals surface area contributed by atoms with Crippen LogP contribution in [0.15, 0.2) is 83.3 Å². The van der Waals surface area contributed by atoms with Crippen LogP contribution in [0.5, 0.6) is 0 Å². The summed E-state index contributed by atoms with van der Waals surface area (Å²) in [5.41, 5.74) is 1.89. The predicted molar refractivity (Wildman–Crippen MR) is 139 cm³/mol. The number of thioether (sulfide) groups is 1. The summed E-state index contributed by atoms with van der Waals surface area (Å²) in [4.78, 5) is 41.9. The molecular formula is C24H24N6O2S3. The molecule has 0 spiro atoms. The summed E-state index contributed by atoms with van der Waals surface area (Å²) in [7, 11) is 0. The molecular weight excluding hydrogens is 501 g/mol. The Hall–Kier alpha value is -3.15. The van der Waals surface area contributed by atoms with Crippen LogP contribution in [0.1, 0.15) is 11.1 Å². The lowest BCUT2D eigenvalue weighted by Crippen LogP contribution is -2.07. The maximum Gasteiger partial charge on any atom is 0.252 e. The van der Waals surface area contributed by atoms with Gasteiger partial charge in [0, 0.05) is 24.6 Å². The molecule has 11 heteroatoms. The van der Waals surface area contributed by atoms with Crippen LogP contribution in [0.4, 0.5) is 0 Å². The van der Waals surface area contributed by atoms with Gasteiger partial charge in [0.2, 0.25) is 9.60 Å². The number of hydrogen-bond donors (Lipinski definition) is 0. The molecule has 8 nitrogen and oxygen atoms in total. The van der Waals surface area contributed by atoms with Crippen molar-refractivity contribution in [3.05, 3.63) is 94.0 Å². The molecule has 2 aromatic carbocycles. The van der Waals surface area contributed by atoms with Crippen LogP contribution in [0.3, 0.4) is 0 Å². The zero-order valence-corrected chi connectivity index (χ0v) is 21.3. The molecule has 0 saturated carbocycles. The average molecular weight is 525 g/mol. The summed E-state index contributed by atoms with van der Waals surface area (Å²) < 4.78 is 3.97. The first-order valence-electron chi connectivity index (χ1n) is 11.0. The highest BCUT2D eigenvalue weighted by molar-refractivity contribution is 7.99. The molecule has 4 rings (SSSR count). The molecule has 0 atom stereocenters. The number of nitrogens with zero attached hydrogens (tertiary/aromatic N) is 6. The number of benzene rings is 2. The van der Waals surface area contributed by atoms with E-state index in [1.807, 2.05) is 80.3 Å². The lowest BCUT2D eigenvalue weighted by molar-refractivity contribution is -0.118. The molecule has 0 aliphatic heterocycles. The summed E-state index contributed by atoms with van der Waals surface area (Å²) in [6.07, 6.45) is 4.00. The molecule has 4 aromatic rings. The van der Waals surface area contributed by atoms with Gasteiger partial charge in [-0.15, -0.1) is 0 Å². The molecule has 2 aromatic heterocycles. The third-order valence-corrected chi connectivity index (χ3v) is 7.43. The van der Waals surface area contributed by atoms with Crippen LogP contribution >= 0.6 is 34.8 Å². The van der Waals surface area contributed by atoms with Crippen molar-refractivity contribution in [2.45, 2.75) is 25.9 Å². The largest absolute Gasteiger partial charge is 0.284 e. The zero-order valence-electron chi connectivity index (χ0n) is 18.9. The van der Waals surface area contributed by atoms with Gasteiger partial charge in [0.15, 0.2) is 0 Å². The number of hydrogen-bond acceptors (Lipinski definition) is 7. The maximum atomic E-state index is 12.1. The SMILES string of the molecule is O=C(Cc1ccccc1)N=c1ncn(CCSCCn2cnc(=NC(=O)Cc3ccccc3)s2)s1. The molecule has 0 radical (unpaired) electrons. The lowest BCUT2D eigenvalue weighted by Gasteiger charge is -2.02. The van der Waals surface area contributed by atoms with Crippen molar-refractivity contribution in [1.29, 1.82) is 0 Å². The summed E-state index contributed by atoms with van der Waals surface area (Å²) in [6, 6.07) is 19.1. The Balaban J connectivity index is 1.17. The minimum Gasteiger partial charge on any atom is -0.284 e. The second kappa shape index (κ2) is 13.1. The van der Waals surface area contributed by atoms with Crippen molar-refractivity contribution >= 4 is 46.6 Å². The Labute approximate surface area is 215 Å².